The molecule has 3 N–H and O–H groups in total. The Labute approximate surface area is 189 Å². The van der Waals surface area contributed by atoms with Crippen LogP contribution in [0.2, 0.25) is 0 Å². The molecule has 0 aliphatic carbocycles. The zero-order valence-corrected chi connectivity index (χ0v) is 18.7. The number of aromatic nitrogens is 2. The van der Waals surface area contributed by atoms with E-state index >= 15 is 0 Å². The fourth-order valence-corrected chi connectivity index (χ4v) is 3.14. The lowest BCUT2D eigenvalue weighted by atomic mass is 9.82. The van der Waals surface area contributed by atoms with Crippen LogP contribution in [0.5, 0.6) is 0 Å². The van der Waals surface area contributed by atoms with Gasteiger partial charge in [-0.2, -0.15) is 0 Å². The van der Waals surface area contributed by atoms with Crippen molar-refractivity contribution in [2.75, 3.05) is 23.7 Å². The van der Waals surface area contributed by atoms with E-state index in [1.165, 1.54) is 0 Å². The van der Waals surface area contributed by atoms with Crippen LogP contribution in [0.25, 0.3) is 0 Å². The minimum absolute atomic E-state index is 0. The molecule has 1 atom stereocenters. The van der Waals surface area contributed by atoms with Crippen LogP contribution in [0.4, 0.5) is 11.6 Å². The van der Waals surface area contributed by atoms with Gasteiger partial charge in [0.1, 0.15) is 11.6 Å². The van der Waals surface area contributed by atoms with Crippen molar-refractivity contribution in [2.45, 2.75) is 26.7 Å². The van der Waals surface area contributed by atoms with Crippen LogP contribution in [0.3, 0.4) is 0 Å². The maximum Gasteiger partial charge on any atom is 0.233 e. The molecule has 2 amide bonds. The maximum atomic E-state index is 12.9. The monoisotopic (exact) mass is 461 g/mol. The van der Waals surface area contributed by atoms with Gasteiger partial charge in [-0.25, -0.2) is 9.97 Å². The van der Waals surface area contributed by atoms with Gasteiger partial charge in [0.2, 0.25) is 11.8 Å². The van der Waals surface area contributed by atoms with Gasteiger partial charge in [-0.05, 0) is 51.1 Å². The molecule has 0 spiro atoms. The van der Waals surface area contributed by atoms with E-state index in [1.807, 2.05) is 38.1 Å². The van der Waals surface area contributed by atoms with Crippen molar-refractivity contribution in [3.8, 4) is 0 Å². The average molecular weight is 463 g/mol. The number of carbonyl (C=O) groups is 2. The number of aryl methyl sites for hydroxylation is 2. The van der Waals surface area contributed by atoms with Crippen LogP contribution >= 0.6 is 37.2 Å². The normalized spacial score (nSPS) is 17.2. The highest BCUT2D eigenvalue weighted by molar-refractivity contribution is 6.00. The molecule has 3 heterocycles. The number of hydrogen-bond donors (Lipinski definition) is 3. The van der Waals surface area contributed by atoms with E-state index in [2.05, 4.69) is 25.9 Å². The van der Waals surface area contributed by atoms with Crippen LogP contribution in [0.1, 0.15) is 24.2 Å². The lowest BCUT2D eigenvalue weighted by Gasteiger charge is -2.26. The molecule has 1 aliphatic rings. The summed E-state index contributed by atoms with van der Waals surface area (Å²) in [5.74, 6) is 0.589. The third kappa shape index (κ3) is 7.12. The third-order valence-corrected chi connectivity index (χ3v) is 4.51. The van der Waals surface area contributed by atoms with Gasteiger partial charge >= 0.3 is 0 Å². The largest absolute Gasteiger partial charge is 0.316 e. The molecule has 2 aromatic heterocycles. The summed E-state index contributed by atoms with van der Waals surface area (Å²) >= 11 is 0. The van der Waals surface area contributed by atoms with Gasteiger partial charge in [0.15, 0.2) is 0 Å². The van der Waals surface area contributed by atoms with E-state index < -0.39 is 5.41 Å². The van der Waals surface area contributed by atoms with E-state index in [1.54, 1.807) is 12.1 Å². The Kier molecular flexibility index (Phi) is 11.1. The van der Waals surface area contributed by atoms with Crippen molar-refractivity contribution in [1.82, 2.24) is 15.3 Å². The Bertz CT molecular complexity index is 829. The van der Waals surface area contributed by atoms with E-state index in [-0.39, 0.29) is 55.5 Å². The topological polar surface area (TPSA) is 96.0 Å². The van der Waals surface area contributed by atoms with Gasteiger partial charge in [0.05, 0.1) is 5.41 Å². The molecule has 1 aliphatic heterocycles. The Morgan fingerprint density at radius 2 is 1.52 bits per heavy atom. The van der Waals surface area contributed by atoms with Crippen molar-refractivity contribution < 1.29 is 9.59 Å². The second-order valence-corrected chi connectivity index (χ2v) is 6.71. The van der Waals surface area contributed by atoms with Crippen molar-refractivity contribution in [2.24, 2.45) is 5.41 Å². The molecule has 1 saturated heterocycles. The first-order chi connectivity index (χ1) is 12.5. The van der Waals surface area contributed by atoms with Gasteiger partial charge in [-0.3, -0.25) is 9.59 Å². The SMILES string of the molecule is Cc1cccc(NC(=O)CC2(C(=O)Nc3cccc(C)n3)CCNC2)n1.Cl.Cl.Cl. The van der Waals surface area contributed by atoms with Crippen LogP contribution < -0.4 is 16.0 Å². The first-order valence-corrected chi connectivity index (χ1v) is 8.66. The number of carbonyl (C=O) groups excluding carboxylic acids is 2. The first-order valence-electron chi connectivity index (χ1n) is 8.66. The summed E-state index contributed by atoms with van der Waals surface area (Å²) in [5, 5.41) is 8.84. The van der Waals surface area contributed by atoms with Crippen molar-refractivity contribution >= 4 is 60.7 Å². The summed E-state index contributed by atoms with van der Waals surface area (Å²) in [5.41, 5.74) is 0.854. The number of nitrogens with zero attached hydrogens (tertiary/aromatic N) is 2. The minimum Gasteiger partial charge on any atom is -0.316 e. The Balaban J connectivity index is 0.00000261. The Morgan fingerprint density at radius 3 is 2.00 bits per heavy atom. The molecule has 1 fully saturated rings. The molecule has 0 bridgehead atoms. The molecule has 0 saturated carbocycles. The molecule has 1 unspecified atom stereocenters. The van der Waals surface area contributed by atoms with Gasteiger partial charge < -0.3 is 16.0 Å². The van der Waals surface area contributed by atoms with Crippen LogP contribution in [-0.2, 0) is 9.59 Å². The predicted octanol–water partition coefficient (Wildman–Crippen LogP) is 3.31. The summed E-state index contributed by atoms with van der Waals surface area (Å²) in [6, 6.07) is 10.9. The van der Waals surface area contributed by atoms with E-state index in [0.717, 1.165) is 11.4 Å². The first kappa shape index (κ1) is 27.1. The second-order valence-electron chi connectivity index (χ2n) is 6.71. The molecule has 0 aromatic carbocycles. The number of rotatable bonds is 5. The average Bonchev–Trinajstić information content (AvgIpc) is 3.04. The Hall–Kier alpha value is -1.93. The van der Waals surface area contributed by atoms with Crippen LogP contribution in [0.15, 0.2) is 36.4 Å². The summed E-state index contributed by atoms with van der Waals surface area (Å²) in [7, 11) is 0. The minimum atomic E-state index is -0.792. The molecule has 10 heteroatoms. The molecule has 160 valence electrons. The van der Waals surface area contributed by atoms with Crippen molar-refractivity contribution in [3.05, 3.63) is 47.8 Å². The summed E-state index contributed by atoms with van der Waals surface area (Å²) in [6.07, 6.45) is 0.687. The quantitative estimate of drug-likeness (QED) is 0.633. The third-order valence-electron chi connectivity index (χ3n) is 4.51. The molecule has 7 nitrogen and oxygen atoms in total. The summed E-state index contributed by atoms with van der Waals surface area (Å²) in [6.45, 7) is 4.88. The molecule has 0 radical (unpaired) electrons. The van der Waals surface area contributed by atoms with Gasteiger partial charge in [-0.1, -0.05) is 12.1 Å². The zero-order valence-electron chi connectivity index (χ0n) is 16.2. The highest BCUT2D eigenvalue weighted by atomic mass is 35.5. The van der Waals surface area contributed by atoms with E-state index in [4.69, 9.17) is 0 Å². The Morgan fingerprint density at radius 1 is 0.966 bits per heavy atom. The zero-order chi connectivity index (χ0) is 18.6. The molecule has 29 heavy (non-hydrogen) atoms. The fraction of sp³-hybridized carbons (Fsp3) is 0.368. The molecule has 3 rings (SSSR count). The number of halogens is 3. The fourth-order valence-electron chi connectivity index (χ4n) is 3.14. The van der Waals surface area contributed by atoms with E-state index in [9.17, 15) is 9.59 Å². The van der Waals surface area contributed by atoms with Crippen LogP contribution in [0, 0.1) is 19.3 Å². The maximum absolute atomic E-state index is 12.9. The lowest BCUT2D eigenvalue weighted by Crippen LogP contribution is -2.41. The molecular weight excluding hydrogens is 437 g/mol. The summed E-state index contributed by atoms with van der Waals surface area (Å²) < 4.78 is 0. The highest BCUT2D eigenvalue weighted by Crippen LogP contribution is 2.31. The number of anilines is 2. The number of nitrogens with one attached hydrogen (secondary N) is 3. The number of amides is 2. The lowest BCUT2D eigenvalue weighted by molar-refractivity contribution is -0.129. The standard InChI is InChI=1S/C19H23N5O2.3ClH/c1-13-5-3-7-15(21-13)23-17(25)11-19(9-10-20-12-19)18(26)24-16-8-4-6-14(2)22-16;;;/h3-8,20H,9-12H2,1-2H3,(H,21,23,25)(H,22,24,26);3*1H. The number of pyridine rings is 2. The predicted molar refractivity (Wildman–Crippen MR) is 121 cm³/mol. The summed E-state index contributed by atoms with van der Waals surface area (Å²) in [4.78, 5) is 34.0. The smallest absolute Gasteiger partial charge is 0.233 e. The van der Waals surface area contributed by atoms with Gasteiger partial charge in [0, 0.05) is 24.4 Å². The van der Waals surface area contributed by atoms with Crippen molar-refractivity contribution in [1.29, 1.82) is 0 Å². The second kappa shape index (κ2) is 11.9. The number of hydrogen-bond acceptors (Lipinski definition) is 5. The molecule has 2 aromatic rings. The van der Waals surface area contributed by atoms with Gasteiger partial charge in [0.25, 0.3) is 0 Å². The highest BCUT2D eigenvalue weighted by Gasteiger charge is 2.43. The van der Waals surface area contributed by atoms with Gasteiger partial charge in [-0.15, -0.1) is 37.2 Å². The van der Waals surface area contributed by atoms with E-state index in [0.29, 0.717) is 31.1 Å². The van der Waals surface area contributed by atoms with Crippen LogP contribution in [-0.4, -0.2) is 34.9 Å². The van der Waals surface area contributed by atoms with Crippen molar-refractivity contribution in [3.63, 3.8) is 0 Å². The molecular formula is C19H26Cl3N5O2.